The predicted molar refractivity (Wildman–Crippen MR) is 60.5 cm³/mol. The number of benzene rings is 1. The molecule has 0 amide bonds. The molecule has 0 radical (unpaired) electrons. The van der Waals surface area contributed by atoms with Gasteiger partial charge in [-0.15, -0.1) is 0 Å². The lowest BCUT2D eigenvalue weighted by Gasteiger charge is -1.88. The van der Waals surface area contributed by atoms with Gasteiger partial charge in [-0.3, -0.25) is 10.1 Å². The first-order chi connectivity index (χ1) is 8.25. The summed E-state index contributed by atoms with van der Waals surface area (Å²) in [6.45, 7) is 0. The van der Waals surface area contributed by atoms with Gasteiger partial charge in [0.1, 0.15) is 5.69 Å². The first kappa shape index (κ1) is 9.59. The Bertz CT molecular complexity index is 685. The SMILES string of the molecule is O=[N+]([O-])c1cccc2oc(-c3ccc[nH]3)nc12. The van der Waals surface area contributed by atoms with Crippen molar-refractivity contribution in [3.8, 4) is 11.6 Å². The van der Waals surface area contributed by atoms with Crippen LogP contribution in [0.25, 0.3) is 22.7 Å². The number of aromatic amines is 1. The fourth-order valence-electron chi connectivity index (χ4n) is 1.66. The molecular formula is C11H7N3O3. The van der Waals surface area contributed by atoms with E-state index in [-0.39, 0.29) is 11.2 Å². The third-order valence-electron chi connectivity index (χ3n) is 2.42. The number of non-ortho nitro benzene ring substituents is 1. The summed E-state index contributed by atoms with van der Waals surface area (Å²) in [7, 11) is 0. The second kappa shape index (κ2) is 3.44. The van der Waals surface area contributed by atoms with Crippen LogP contribution in [0.5, 0.6) is 0 Å². The quantitative estimate of drug-likeness (QED) is 0.540. The van der Waals surface area contributed by atoms with Gasteiger partial charge in [0.15, 0.2) is 11.1 Å². The second-order valence-electron chi connectivity index (χ2n) is 3.48. The molecule has 0 saturated carbocycles. The summed E-state index contributed by atoms with van der Waals surface area (Å²) in [4.78, 5) is 17.4. The molecule has 1 aromatic carbocycles. The predicted octanol–water partition coefficient (Wildman–Crippen LogP) is 2.73. The van der Waals surface area contributed by atoms with Gasteiger partial charge in [0.05, 0.1) is 4.92 Å². The highest BCUT2D eigenvalue weighted by molar-refractivity contribution is 5.84. The minimum atomic E-state index is -0.469. The topological polar surface area (TPSA) is 85.0 Å². The van der Waals surface area contributed by atoms with E-state index in [2.05, 4.69) is 9.97 Å². The summed E-state index contributed by atoms with van der Waals surface area (Å²) in [5.74, 6) is 0.347. The fraction of sp³-hybridized carbons (Fsp3) is 0. The molecule has 17 heavy (non-hydrogen) atoms. The molecule has 3 aromatic rings. The van der Waals surface area contributed by atoms with Gasteiger partial charge in [-0.05, 0) is 18.2 Å². The van der Waals surface area contributed by atoms with Crippen LogP contribution in [0.1, 0.15) is 0 Å². The standard InChI is InChI=1S/C11H7N3O3/c15-14(16)8-4-1-5-9-10(8)13-11(17-9)7-3-2-6-12-7/h1-6,12H. The maximum absolute atomic E-state index is 10.8. The van der Waals surface area contributed by atoms with E-state index in [0.29, 0.717) is 17.2 Å². The van der Waals surface area contributed by atoms with Crippen molar-refractivity contribution in [2.24, 2.45) is 0 Å². The summed E-state index contributed by atoms with van der Waals surface area (Å²) in [6.07, 6.45) is 1.73. The number of nitrogens with zero attached hydrogens (tertiary/aromatic N) is 2. The first-order valence-corrected chi connectivity index (χ1v) is 4.93. The molecule has 0 bridgehead atoms. The Morgan fingerprint density at radius 1 is 1.29 bits per heavy atom. The summed E-state index contributed by atoms with van der Waals surface area (Å²) in [6, 6.07) is 8.23. The smallest absolute Gasteiger partial charge is 0.298 e. The number of fused-ring (bicyclic) bond motifs is 1. The first-order valence-electron chi connectivity index (χ1n) is 4.93. The Kier molecular flexibility index (Phi) is 1.94. The van der Waals surface area contributed by atoms with Crippen LogP contribution >= 0.6 is 0 Å². The van der Waals surface area contributed by atoms with Crippen LogP contribution in [0.4, 0.5) is 5.69 Å². The summed E-state index contributed by atoms with van der Waals surface area (Å²) in [5.41, 5.74) is 1.31. The van der Waals surface area contributed by atoms with Gasteiger partial charge in [0, 0.05) is 12.3 Å². The minimum Gasteiger partial charge on any atom is -0.434 e. The lowest BCUT2D eigenvalue weighted by atomic mass is 10.3. The second-order valence-corrected chi connectivity index (χ2v) is 3.48. The Labute approximate surface area is 95.0 Å². The zero-order valence-electron chi connectivity index (χ0n) is 8.58. The molecule has 6 heteroatoms. The fourth-order valence-corrected chi connectivity index (χ4v) is 1.66. The van der Waals surface area contributed by atoms with Gasteiger partial charge in [-0.2, -0.15) is 0 Å². The third kappa shape index (κ3) is 1.46. The maximum Gasteiger partial charge on any atom is 0.298 e. The molecule has 2 heterocycles. The number of rotatable bonds is 2. The molecule has 0 fully saturated rings. The molecule has 0 aliphatic heterocycles. The van der Waals surface area contributed by atoms with Gasteiger partial charge in [0.25, 0.3) is 5.69 Å². The number of hydrogen-bond acceptors (Lipinski definition) is 4. The monoisotopic (exact) mass is 229 g/mol. The van der Waals surface area contributed by atoms with Gasteiger partial charge < -0.3 is 9.40 Å². The molecular weight excluding hydrogens is 222 g/mol. The van der Waals surface area contributed by atoms with Crippen molar-refractivity contribution in [1.29, 1.82) is 0 Å². The van der Waals surface area contributed by atoms with Crippen molar-refractivity contribution in [1.82, 2.24) is 9.97 Å². The zero-order valence-corrected chi connectivity index (χ0v) is 8.58. The normalized spacial score (nSPS) is 10.8. The number of aromatic nitrogens is 2. The molecule has 3 rings (SSSR count). The van der Waals surface area contributed by atoms with Crippen molar-refractivity contribution >= 4 is 16.8 Å². The van der Waals surface area contributed by atoms with Gasteiger partial charge in [-0.1, -0.05) is 6.07 Å². The number of nitro groups is 1. The van der Waals surface area contributed by atoms with Crippen molar-refractivity contribution in [2.75, 3.05) is 0 Å². The average Bonchev–Trinajstić information content (AvgIpc) is 2.96. The Morgan fingerprint density at radius 3 is 2.88 bits per heavy atom. The molecule has 0 aliphatic carbocycles. The number of H-pyrrole nitrogens is 1. The molecule has 0 unspecified atom stereocenters. The van der Waals surface area contributed by atoms with E-state index in [4.69, 9.17) is 4.42 Å². The lowest BCUT2D eigenvalue weighted by Crippen LogP contribution is -1.88. The maximum atomic E-state index is 10.8. The number of hydrogen-bond donors (Lipinski definition) is 1. The van der Waals surface area contributed by atoms with E-state index >= 15 is 0 Å². The van der Waals surface area contributed by atoms with Crippen LogP contribution in [-0.2, 0) is 0 Å². The highest BCUT2D eigenvalue weighted by atomic mass is 16.6. The van der Waals surface area contributed by atoms with E-state index in [0.717, 1.165) is 0 Å². The van der Waals surface area contributed by atoms with Crippen LogP contribution in [0, 0.1) is 10.1 Å². The van der Waals surface area contributed by atoms with Crippen molar-refractivity contribution in [3.05, 3.63) is 46.6 Å². The zero-order chi connectivity index (χ0) is 11.8. The third-order valence-corrected chi connectivity index (χ3v) is 2.42. The van der Waals surface area contributed by atoms with Crippen molar-refractivity contribution < 1.29 is 9.34 Å². The average molecular weight is 229 g/mol. The Morgan fingerprint density at radius 2 is 2.18 bits per heavy atom. The highest BCUT2D eigenvalue weighted by Gasteiger charge is 2.18. The minimum absolute atomic E-state index is 0.0518. The number of para-hydroxylation sites is 1. The van der Waals surface area contributed by atoms with Crippen molar-refractivity contribution in [3.63, 3.8) is 0 Å². The van der Waals surface area contributed by atoms with Gasteiger partial charge >= 0.3 is 0 Å². The Balaban J connectivity index is 2.26. The molecule has 84 valence electrons. The van der Waals surface area contributed by atoms with Crippen molar-refractivity contribution in [2.45, 2.75) is 0 Å². The Hall–Kier alpha value is -2.63. The van der Waals surface area contributed by atoms with Crippen LogP contribution in [-0.4, -0.2) is 14.9 Å². The van der Waals surface area contributed by atoms with Crippen LogP contribution < -0.4 is 0 Å². The van der Waals surface area contributed by atoms with Crippen LogP contribution in [0.2, 0.25) is 0 Å². The number of oxazole rings is 1. The molecule has 0 atom stereocenters. The largest absolute Gasteiger partial charge is 0.434 e. The van der Waals surface area contributed by atoms with Gasteiger partial charge in [0.2, 0.25) is 5.89 Å². The van der Waals surface area contributed by atoms with E-state index in [1.807, 2.05) is 0 Å². The molecule has 2 aromatic heterocycles. The lowest BCUT2D eigenvalue weighted by molar-refractivity contribution is -0.383. The summed E-state index contributed by atoms with van der Waals surface area (Å²) >= 11 is 0. The molecule has 6 nitrogen and oxygen atoms in total. The molecule has 0 aliphatic rings. The highest BCUT2D eigenvalue weighted by Crippen LogP contribution is 2.28. The number of nitrogens with one attached hydrogen (secondary N) is 1. The van der Waals surface area contributed by atoms with E-state index in [1.54, 1.807) is 30.5 Å². The van der Waals surface area contributed by atoms with E-state index in [1.165, 1.54) is 6.07 Å². The molecule has 0 saturated heterocycles. The van der Waals surface area contributed by atoms with Crippen LogP contribution in [0.15, 0.2) is 40.9 Å². The number of nitro benzene ring substituents is 1. The van der Waals surface area contributed by atoms with E-state index < -0.39 is 4.92 Å². The summed E-state index contributed by atoms with van der Waals surface area (Å²) in [5, 5.41) is 10.8. The molecule has 1 N–H and O–H groups in total. The summed E-state index contributed by atoms with van der Waals surface area (Å²) < 4.78 is 5.46. The van der Waals surface area contributed by atoms with Gasteiger partial charge in [-0.25, -0.2) is 4.98 Å². The van der Waals surface area contributed by atoms with E-state index in [9.17, 15) is 10.1 Å². The molecule has 0 spiro atoms. The van der Waals surface area contributed by atoms with Crippen LogP contribution in [0.3, 0.4) is 0 Å².